The first-order valence-electron chi connectivity index (χ1n) is 7.56. The van der Waals surface area contributed by atoms with Crippen LogP contribution < -0.4 is 5.32 Å². The molecular formula is C16H22F2N2O2. The smallest absolute Gasteiger partial charge is 0.317 e. The number of urea groups is 1. The highest BCUT2D eigenvalue weighted by Gasteiger charge is 2.22. The summed E-state index contributed by atoms with van der Waals surface area (Å²) in [7, 11) is 0. The standard InChI is InChI=1S/C16H22F2N2O2/c1-11(13-3-4-14(17)15(18)9-13)10-19-16(21)20-6-8-22-7-5-12(20)2/h3-4,9,11-12H,5-8,10H2,1-2H3,(H,19,21)/t11-,12-/m0/s1. The van der Waals surface area contributed by atoms with Gasteiger partial charge in [0.15, 0.2) is 11.6 Å². The van der Waals surface area contributed by atoms with Crippen molar-refractivity contribution in [1.82, 2.24) is 10.2 Å². The fourth-order valence-corrected chi connectivity index (χ4v) is 2.48. The Morgan fingerprint density at radius 1 is 1.41 bits per heavy atom. The van der Waals surface area contributed by atoms with Gasteiger partial charge in [-0.15, -0.1) is 0 Å². The van der Waals surface area contributed by atoms with Crippen molar-refractivity contribution in [3.05, 3.63) is 35.4 Å². The molecule has 2 rings (SSSR count). The third-order valence-corrected chi connectivity index (χ3v) is 4.02. The van der Waals surface area contributed by atoms with Gasteiger partial charge in [-0.1, -0.05) is 13.0 Å². The van der Waals surface area contributed by atoms with Gasteiger partial charge < -0.3 is 15.0 Å². The highest BCUT2D eigenvalue weighted by molar-refractivity contribution is 5.74. The molecule has 0 unspecified atom stereocenters. The normalized spacial score (nSPS) is 20.4. The minimum Gasteiger partial charge on any atom is -0.380 e. The van der Waals surface area contributed by atoms with Crippen LogP contribution in [0.1, 0.15) is 31.7 Å². The van der Waals surface area contributed by atoms with Gasteiger partial charge in [0, 0.05) is 25.7 Å². The highest BCUT2D eigenvalue weighted by Crippen LogP contribution is 2.17. The number of carbonyl (C=O) groups is 1. The van der Waals surface area contributed by atoms with E-state index in [1.165, 1.54) is 12.1 Å². The van der Waals surface area contributed by atoms with E-state index in [1.807, 2.05) is 13.8 Å². The maximum absolute atomic E-state index is 13.2. The maximum Gasteiger partial charge on any atom is 0.317 e. The third kappa shape index (κ3) is 4.16. The van der Waals surface area contributed by atoms with Crippen molar-refractivity contribution in [2.24, 2.45) is 0 Å². The number of rotatable bonds is 3. The van der Waals surface area contributed by atoms with Gasteiger partial charge in [-0.3, -0.25) is 0 Å². The van der Waals surface area contributed by atoms with Gasteiger partial charge in [0.2, 0.25) is 0 Å². The van der Waals surface area contributed by atoms with E-state index in [-0.39, 0.29) is 18.0 Å². The molecule has 0 radical (unpaired) electrons. The van der Waals surface area contributed by atoms with Gasteiger partial charge in [0.25, 0.3) is 0 Å². The van der Waals surface area contributed by atoms with Gasteiger partial charge in [0.05, 0.1) is 6.61 Å². The molecule has 2 atom stereocenters. The summed E-state index contributed by atoms with van der Waals surface area (Å²) in [6, 6.07) is 3.80. The molecule has 0 saturated carbocycles. The molecule has 1 aromatic rings. The summed E-state index contributed by atoms with van der Waals surface area (Å²) in [4.78, 5) is 14.0. The zero-order valence-electron chi connectivity index (χ0n) is 12.9. The Hall–Kier alpha value is -1.69. The Morgan fingerprint density at radius 2 is 2.18 bits per heavy atom. The molecule has 0 aliphatic carbocycles. The van der Waals surface area contributed by atoms with E-state index in [2.05, 4.69) is 5.32 Å². The molecule has 0 spiro atoms. The first kappa shape index (κ1) is 16.7. The second-order valence-corrected chi connectivity index (χ2v) is 5.70. The lowest BCUT2D eigenvalue weighted by Gasteiger charge is -2.27. The van der Waals surface area contributed by atoms with E-state index in [0.717, 1.165) is 12.5 Å². The van der Waals surface area contributed by atoms with Crippen LogP contribution >= 0.6 is 0 Å². The van der Waals surface area contributed by atoms with E-state index in [4.69, 9.17) is 4.74 Å². The average Bonchev–Trinajstić information content (AvgIpc) is 2.72. The molecule has 122 valence electrons. The number of ether oxygens (including phenoxy) is 1. The van der Waals surface area contributed by atoms with Crippen LogP contribution in [0.25, 0.3) is 0 Å². The van der Waals surface area contributed by atoms with Crippen LogP contribution in [-0.4, -0.2) is 43.3 Å². The van der Waals surface area contributed by atoms with Gasteiger partial charge in [-0.05, 0) is 37.0 Å². The Balaban J connectivity index is 1.90. The van der Waals surface area contributed by atoms with Crippen molar-refractivity contribution in [2.45, 2.75) is 32.2 Å². The first-order valence-corrected chi connectivity index (χ1v) is 7.56. The molecule has 2 amide bonds. The van der Waals surface area contributed by atoms with Crippen LogP contribution in [0.4, 0.5) is 13.6 Å². The number of hydrogen-bond donors (Lipinski definition) is 1. The molecule has 1 fully saturated rings. The summed E-state index contributed by atoms with van der Waals surface area (Å²) in [5.74, 6) is -1.83. The van der Waals surface area contributed by atoms with Crippen LogP contribution in [0.2, 0.25) is 0 Å². The van der Waals surface area contributed by atoms with E-state index in [9.17, 15) is 13.6 Å². The van der Waals surface area contributed by atoms with Gasteiger partial charge in [-0.25, -0.2) is 13.6 Å². The van der Waals surface area contributed by atoms with Gasteiger partial charge in [-0.2, -0.15) is 0 Å². The Kier molecular flexibility index (Phi) is 5.71. The SMILES string of the molecule is C[C@@H](CNC(=O)N1CCOCC[C@@H]1C)c1ccc(F)c(F)c1. The second-order valence-electron chi connectivity index (χ2n) is 5.70. The molecule has 1 N–H and O–H groups in total. The molecule has 0 bridgehead atoms. The largest absolute Gasteiger partial charge is 0.380 e. The molecule has 1 aliphatic heterocycles. The fourth-order valence-electron chi connectivity index (χ4n) is 2.48. The summed E-state index contributed by atoms with van der Waals surface area (Å²) in [6.45, 7) is 5.99. The van der Waals surface area contributed by atoms with Gasteiger partial charge >= 0.3 is 6.03 Å². The van der Waals surface area contributed by atoms with Crippen molar-refractivity contribution in [3.8, 4) is 0 Å². The van der Waals surface area contributed by atoms with Crippen LogP contribution in [-0.2, 0) is 4.74 Å². The minimum atomic E-state index is -0.867. The van der Waals surface area contributed by atoms with Crippen molar-refractivity contribution in [2.75, 3.05) is 26.3 Å². The lowest BCUT2D eigenvalue weighted by atomic mass is 10.0. The molecular weight excluding hydrogens is 290 g/mol. The van der Waals surface area contributed by atoms with Crippen LogP contribution in [0, 0.1) is 11.6 Å². The molecule has 1 saturated heterocycles. The molecule has 1 heterocycles. The Labute approximate surface area is 129 Å². The van der Waals surface area contributed by atoms with Crippen LogP contribution in [0.15, 0.2) is 18.2 Å². The van der Waals surface area contributed by atoms with Crippen LogP contribution in [0.5, 0.6) is 0 Å². The highest BCUT2D eigenvalue weighted by atomic mass is 19.2. The predicted octanol–water partition coefficient (Wildman–Crippen LogP) is 2.89. The maximum atomic E-state index is 13.2. The summed E-state index contributed by atoms with van der Waals surface area (Å²) in [5.41, 5.74) is 0.659. The molecule has 1 aromatic carbocycles. The second kappa shape index (κ2) is 7.54. The number of hydrogen-bond acceptors (Lipinski definition) is 2. The van der Waals surface area contributed by atoms with Crippen molar-refractivity contribution < 1.29 is 18.3 Å². The number of carbonyl (C=O) groups excluding carboxylic acids is 1. The summed E-state index contributed by atoms with van der Waals surface area (Å²) in [5, 5.41) is 2.86. The van der Waals surface area contributed by atoms with E-state index in [0.29, 0.717) is 31.9 Å². The van der Waals surface area contributed by atoms with E-state index in [1.54, 1.807) is 4.90 Å². The van der Waals surface area contributed by atoms with Crippen LogP contribution in [0.3, 0.4) is 0 Å². The molecule has 4 nitrogen and oxygen atoms in total. The third-order valence-electron chi connectivity index (χ3n) is 4.02. The number of amides is 2. The average molecular weight is 312 g/mol. The Bertz CT molecular complexity index is 525. The number of nitrogens with one attached hydrogen (secondary N) is 1. The Morgan fingerprint density at radius 3 is 2.91 bits per heavy atom. The summed E-state index contributed by atoms with van der Waals surface area (Å²) >= 11 is 0. The fraction of sp³-hybridized carbons (Fsp3) is 0.562. The quantitative estimate of drug-likeness (QED) is 0.932. The topological polar surface area (TPSA) is 41.6 Å². The summed E-state index contributed by atoms with van der Waals surface area (Å²) < 4.78 is 31.5. The number of benzene rings is 1. The van der Waals surface area contributed by atoms with Crippen molar-refractivity contribution >= 4 is 6.03 Å². The van der Waals surface area contributed by atoms with E-state index >= 15 is 0 Å². The monoisotopic (exact) mass is 312 g/mol. The van der Waals surface area contributed by atoms with Gasteiger partial charge in [0.1, 0.15) is 0 Å². The first-order chi connectivity index (χ1) is 10.5. The lowest BCUT2D eigenvalue weighted by molar-refractivity contribution is 0.142. The predicted molar refractivity (Wildman–Crippen MR) is 79.8 cm³/mol. The molecule has 22 heavy (non-hydrogen) atoms. The zero-order chi connectivity index (χ0) is 16.1. The summed E-state index contributed by atoms with van der Waals surface area (Å²) in [6.07, 6.45) is 0.812. The molecule has 1 aliphatic rings. The lowest BCUT2D eigenvalue weighted by Crippen LogP contribution is -2.46. The molecule has 0 aromatic heterocycles. The minimum absolute atomic E-state index is 0.0995. The van der Waals surface area contributed by atoms with E-state index < -0.39 is 11.6 Å². The zero-order valence-corrected chi connectivity index (χ0v) is 12.9. The van der Waals surface area contributed by atoms with Crippen molar-refractivity contribution in [3.63, 3.8) is 0 Å². The van der Waals surface area contributed by atoms with Crippen molar-refractivity contribution in [1.29, 1.82) is 0 Å². The molecule has 6 heteroatoms. The number of halogens is 2. The number of nitrogens with zero attached hydrogens (tertiary/aromatic N) is 1.